The SMILES string of the molecule is CON(C)C.[Cl][Al]([Cl])[Cl]. The molecule has 0 unspecified atom stereocenters. The second-order valence-electron chi connectivity index (χ2n) is 1.24. The predicted molar refractivity (Wildman–Crippen MR) is 44.0 cm³/mol. The lowest BCUT2D eigenvalue weighted by molar-refractivity contribution is -0.0855. The van der Waals surface area contributed by atoms with Gasteiger partial charge < -0.3 is 4.84 Å². The fraction of sp³-hybridized carbons (Fsp3) is 1.00. The molecular formula is C3H9AlCl3NO. The molecule has 0 aliphatic heterocycles. The molecule has 0 radical (unpaired) electrons. The summed E-state index contributed by atoms with van der Waals surface area (Å²) >= 11 is -1.72. The van der Waals surface area contributed by atoms with Gasteiger partial charge in [0.05, 0.1) is 7.11 Å². The Hall–Kier alpha value is 1.32. The average Bonchev–Trinajstić information content (AvgIpc) is 1.65. The van der Waals surface area contributed by atoms with E-state index in [1.807, 2.05) is 14.1 Å². The van der Waals surface area contributed by atoms with Crippen LogP contribution in [0.2, 0.25) is 0 Å². The zero-order valence-corrected chi connectivity index (χ0v) is 8.99. The van der Waals surface area contributed by atoms with Crippen LogP contribution in [0, 0.1) is 0 Å². The van der Waals surface area contributed by atoms with Crippen molar-refractivity contribution in [1.82, 2.24) is 5.06 Å². The third-order valence-electron chi connectivity index (χ3n) is 0.365. The Morgan fingerprint density at radius 1 is 1.22 bits per heavy atom. The molecule has 0 N–H and O–H groups in total. The van der Waals surface area contributed by atoms with E-state index in [9.17, 15) is 0 Å². The highest BCUT2D eigenvalue weighted by molar-refractivity contribution is 7.54. The molecule has 9 heavy (non-hydrogen) atoms. The van der Waals surface area contributed by atoms with Crippen molar-refractivity contribution in [1.29, 1.82) is 0 Å². The quantitative estimate of drug-likeness (QED) is 0.481. The van der Waals surface area contributed by atoms with Gasteiger partial charge in [-0.1, -0.05) is 0 Å². The molecule has 0 aliphatic rings. The van der Waals surface area contributed by atoms with Crippen LogP contribution in [0.5, 0.6) is 0 Å². The van der Waals surface area contributed by atoms with Gasteiger partial charge >= 0.3 is 11.4 Å². The number of hydroxylamine groups is 2. The second-order valence-corrected chi connectivity index (χ2v) is 7.68. The van der Waals surface area contributed by atoms with Gasteiger partial charge in [0.1, 0.15) is 0 Å². The molecule has 2 nitrogen and oxygen atoms in total. The van der Waals surface area contributed by atoms with Crippen LogP contribution in [-0.2, 0) is 4.84 Å². The molecule has 0 saturated heterocycles. The van der Waals surface area contributed by atoms with Crippen molar-refractivity contribution in [2.45, 2.75) is 0 Å². The second kappa shape index (κ2) is 9.32. The van der Waals surface area contributed by atoms with Crippen LogP contribution in [0.4, 0.5) is 0 Å². The van der Waals surface area contributed by atoms with Gasteiger partial charge in [-0.2, -0.15) is 5.06 Å². The van der Waals surface area contributed by atoms with Gasteiger partial charge in [0.15, 0.2) is 0 Å². The first-order chi connectivity index (χ1) is 4.00. The van der Waals surface area contributed by atoms with Gasteiger partial charge in [-0.3, -0.25) is 0 Å². The molecule has 0 heterocycles. The molecule has 56 valence electrons. The number of rotatable bonds is 1. The minimum absolute atomic E-state index is 1.62. The lowest BCUT2D eigenvalue weighted by atomic mass is 11.2. The van der Waals surface area contributed by atoms with Gasteiger partial charge in [-0.25, -0.2) is 30.1 Å². The van der Waals surface area contributed by atoms with Crippen molar-refractivity contribution in [2.75, 3.05) is 21.2 Å². The number of hydrogen-bond acceptors (Lipinski definition) is 2. The smallest absolute Gasteiger partial charge is 0.303 e. The summed E-state index contributed by atoms with van der Waals surface area (Å²) in [6.45, 7) is 0. The fourth-order valence-corrected chi connectivity index (χ4v) is 0. The summed E-state index contributed by atoms with van der Waals surface area (Å²) in [7, 11) is 20.1. The van der Waals surface area contributed by atoms with E-state index in [4.69, 9.17) is 30.1 Å². The Bertz CT molecular complexity index is 51.6. The minimum Gasteiger partial charge on any atom is -0.303 e. The summed E-state index contributed by atoms with van der Waals surface area (Å²) in [6, 6.07) is 0. The highest BCUT2D eigenvalue weighted by Gasteiger charge is 2.00. The molecule has 0 aromatic rings. The van der Waals surface area contributed by atoms with Crippen molar-refractivity contribution in [3.8, 4) is 0 Å². The highest BCUT2D eigenvalue weighted by atomic mass is 35.8. The van der Waals surface area contributed by atoms with E-state index >= 15 is 0 Å². The minimum atomic E-state index is -1.72. The molecule has 0 amide bonds. The number of nitrogens with zero attached hydrogens (tertiary/aromatic N) is 1. The summed E-state index contributed by atoms with van der Waals surface area (Å²) < 4.78 is 0. The Morgan fingerprint density at radius 3 is 1.33 bits per heavy atom. The van der Waals surface area contributed by atoms with Crippen LogP contribution in [0.25, 0.3) is 0 Å². The molecule has 0 rings (SSSR count). The van der Waals surface area contributed by atoms with Gasteiger partial charge in [-0.15, -0.1) is 0 Å². The van der Waals surface area contributed by atoms with E-state index in [0.717, 1.165) is 0 Å². The highest BCUT2D eigenvalue weighted by Crippen LogP contribution is 1.97. The number of halogens is 3. The normalized spacial score (nSPS) is 8.33. The van der Waals surface area contributed by atoms with Crippen molar-refractivity contribution >= 4 is 41.5 Å². The van der Waals surface area contributed by atoms with Crippen LogP contribution < -0.4 is 0 Å². The predicted octanol–water partition coefficient (Wildman–Crippen LogP) is 1.80. The largest absolute Gasteiger partial charge is 0.643 e. The molecule has 0 fully saturated rings. The van der Waals surface area contributed by atoms with E-state index in [-0.39, 0.29) is 0 Å². The molecule has 0 spiro atoms. The maximum atomic E-state index is 4.94. The Balaban J connectivity index is 0. The Labute approximate surface area is 72.6 Å². The van der Waals surface area contributed by atoms with Crippen molar-refractivity contribution in [3.05, 3.63) is 0 Å². The zero-order chi connectivity index (χ0) is 7.86. The molecule has 0 aliphatic carbocycles. The van der Waals surface area contributed by atoms with E-state index < -0.39 is 11.4 Å². The Kier molecular flexibility index (Phi) is 13.4. The molecule has 0 aromatic heterocycles. The lowest BCUT2D eigenvalue weighted by Crippen LogP contribution is -2.07. The van der Waals surface area contributed by atoms with Crippen molar-refractivity contribution in [3.63, 3.8) is 0 Å². The molecule has 0 atom stereocenters. The van der Waals surface area contributed by atoms with Gasteiger partial charge in [0, 0.05) is 14.1 Å². The topological polar surface area (TPSA) is 12.5 Å². The molecule has 6 heteroatoms. The summed E-state index contributed by atoms with van der Waals surface area (Å²) in [4.78, 5) is 4.58. The van der Waals surface area contributed by atoms with Crippen LogP contribution in [0.1, 0.15) is 0 Å². The summed E-state index contributed by atoms with van der Waals surface area (Å²) in [5.74, 6) is 0. The number of hydrogen-bond donors (Lipinski definition) is 0. The molecule has 0 aromatic carbocycles. The van der Waals surface area contributed by atoms with Gasteiger partial charge in [0.2, 0.25) is 0 Å². The Morgan fingerprint density at radius 2 is 1.33 bits per heavy atom. The third kappa shape index (κ3) is 45.3. The molecular weight excluding hydrogens is 199 g/mol. The van der Waals surface area contributed by atoms with Gasteiger partial charge in [0.25, 0.3) is 0 Å². The maximum Gasteiger partial charge on any atom is 0.643 e. The van der Waals surface area contributed by atoms with Crippen molar-refractivity contribution in [2.24, 2.45) is 0 Å². The van der Waals surface area contributed by atoms with E-state index in [0.29, 0.717) is 0 Å². The first-order valence-electron chi connectivity index (χ1n) is 2.14. The fourth-order valence-electron chi connectivity index (χ4n) is 0. The van der Waals surface area contributed by atoms with Crippen LogP contribution in [0.3, 0.4) is 0 Å². The van der Waals surface area contributed by atoms with Crippen molar-refractivity contribution < 1.29 is 4.84 Å². The van der Waals surface area contributed by atoms with Crippen LogP contribution in [0.15, 0.2) is 0 Å². The van der Waals surface area contributed by atoms with Crippen LogP contribution >= 0.6 is 30.1 Å². The van der Waals surface area contributed by atoms with E-state index in [1.165, 1.54) is 0 Å². The standard InChI is InChI=1S/C3H9NO.Al.3ClH/c1-4(2)5-3;;;;/h1-3H3;;3*1H/q;+3;;;/p-3. The average molecular weight is 208 g/mol. The first-order valence-corrected chi connectivity index (χ1v) is 7.38. The summed E-state index contributed by atoms with van der Waals surface area (Å²) in [6.07, 6.45) is 0. The van der Waals surface area contributed by atoms with E-state index in [1.54, 1.807) is 12.2 Å². The molecule has 0 saturated carbocycles. The maximum absolute atomic E-state index is 4.94. The zero-order valence-electron chi connectivity index (χ0n) is 5.57. The van der Waals surface area contributed by atoms with E-state index in [2.05, 4.69) is 4.84 Å². The summed E-state index contributed by atoms with van der Waals surface area (Å²) in [5, 5.41) is 1.62. The van der Waals surface area contributed by atoms with Crippen LogP contribution in [-0.4, -0.2) is 37.7 Å². The third-order valence-corrected chi connectivity index (χ3v) is 0.365. The molecule has 0 bridgehead atoms. The monoisotopic (exact) mass is 207 g/mol. The summed E-state index contributed by atoms with van der Waals surface area (Å²) in [5.41, 5.74) is 0. The lowest BCUT2D eigenvalue weighted by Gasteiger charge is -2.01. The first kappa shape index (κ1) is 13.0. The van der Waals surface area contributed by atoms with Gasteiger partial charge in [-0.05, 0) is 0 Å².